The van der Waals surface area contributed by atoms with Crippen LogP contribution in [0.15, 0.2) is 29.3 Å². The molecule has 3 atom stereocenters. The number of para-hydroxylation sites is 2. The van der Waals surface area contributed by atoms with Gasteiger partial charge >= 0.3 is 0 Å². The molecule has 1 aliphatic carbocycles. The van der Waals surface area contributed by atoms with Crippen molar-refractivity contribution in [2.24, 2.45) is 10.9 Å². The van der Waals surface area contributed by atoms with Crippen molar-refractivity contribution < 1.29 is 4.74 Å². The van der Waals surface area contributed by atoms with Crippen molar-refractivity contribution in [3.63, 3.8) is 0 Å². The summed E-state index contributed by atoms with van der Waals surface area (Å²) < 4.78 is 5.49. The molecule has 3 unspecified atom stereocenters. The Hall–Kier alpha value is -1.18. The Morgan fingerprint density at radius 1 is 1.32 bits per heavy atom. The molecule has 0 radical (unpaired) electrons. The third-order valence-electron chi connectivity index (χ3n) is 5.08. The minimum Gasteiger partial charge on any atom is -0.495 e. The molecular weight excluding hydrogens is 427 g/mol. The summed E-state index contributed by atoms with van der Waals surface area (Å²) in [4.78, 5) is 6.80. The highest BCUT2D eigenvalue weighted by Crippen LogP contribution is 2.34. The number of guanidine groups is 1. The zero-order valence-electron chi connectivity index (χ0n) is 15.5. The van der Waals surface area contributed by atoms with E-state index in [1.54, 1.807) is 7.11 Å². The van der Waals surface area contributed by atoms with Gasteiger partial charge in [-0.3, -0.25) is 4.99 Å². The van der Waals surface area contributed by atoms with Gasteiger partial charge in [-0.2, -0.15) is 0 Å². The first-order valence-electron chi connectivity index (χ1n) is 9.13. The second-order valence-corrected chi connectivity index (χ2v) is 6.86. The van der Waals surface area contributed by atoms with E-state index in [1.807, 2.05) is 19.2 Å². The van der Waals surface area contributed by atoms with Crippen molar-refractivity contribution in [1.82, 2.24) is 10.6 Å². The topological polar surface area (TPSA) is 48.9 Å². The number of hydrogen-bond donors (Lipinski definition) is 2. The molecule has 1 saturated heterocycles. The summed E-state index contributed by atoms with van der Waals surface area (Å²) in [5, 5.41) is 7.17. The van der Waals surface area contributed by atoms with Gasteiger partial charge in [-0.1, -0.05) is 25.5 Å². The molecule has 1 heterocycles. The van der Waals surface area contributed by atoms with E-state index >= 15 is 0 Å². The molecule has 1 aromatic rings. The van der Waals surface area contributed by atoms with Crippen molar-refractivity contribution in [2.45, 2.75) is 44.7 Å². The van der Waals surface area contributed by atoms with Crippen molar-refractivity contribution in [1.29, 1.82) is 0 Å². The molecule has 0 bridgehead atoms. The molecule has 6 heteroatoms. The van der Waals surface area contributed by atoms with E-state index in [-0.39, 0.29) is 24.0 Å². The van der Waals surface area contributed by atoms with Gasteiger partial charge in [0.15, 0.2) is 5.96 Å². The maximum absolute atomic E-state index is 5.49. The normalized spacial score (nSPS) is 25.3. The van der Waals surface area contributed by atoms with Gasteiger partial charge in [-0.25, -0.2) is 0 Å². The average Bonchev–Trinajstić information content (AvgIpc) is 3.17. The van der Waals surface area contributed by atoms with Crippen LogP contribution in [0.5, 0.6) is 5.75 Å². The molecule has 1 aromatic carbocycles. The van der Waals surface area contributed by atoms with Crippen LogP contribution in [-0.4, -0.2) is 45.3 Å². The van der Waals surface area contributed by atoms with E-state index in [0.29, 0.717) is 12.1 Å². The molecule has 5 nitrogen and oxygen atoms in total. The number of rotatable bonds is 6. The number of nitrogens with zero attached hydrogens (tertiary/aromatic N) is 2. The predicted octanol–water partition coefficient (Wildman–Crippen LogP) is 3.25. The first-order chi connectivity index (χ1) is 11.7. The standard InChI is InChI=1S/C19H30N4O.HI/c1-4-7-14-12-16(14)22-19(20-2)21-15-10-11-23(13-15)17-8-5-6-9-18(17)24-3;/h5-6,8-9,14-16H,4,7,10-13H2,1-3H3,(H2,20,21,22);1H. The van der Waals surface area contributed by atoms with Crippen molar-refractivity contribution in [3.8, 4) is 5.75 Å². The van der Waals surface area contributed by atoms with Gasteiger partial charge in [0.1, 0.15) is 5.75 Å². The maximum atomic E-state index is 5.49. The lowest BCUT2D eigenvalue weighted by Gasteiger charge is -2.22. The Balaban J connectivity index is 0.00000225. The fourth-order valence-electron chi connectivity index (χ4n) is 3.64. The zero-order chi connectivity index (χ0) is 16.9. The summed E-state index contributed by atoms with van der Waals surface area (Å²) in [5.74, 6) is 2.73. The smallest absolute Gasteiger partial charge is 0.191 e. The largest absolute Gasteiger partial charge is 0.495 e. The van der Waals surface area contributed by atoms with Crippen LogP contribution in [-0.2, 0) is 0 Å². The number of methoxy groups -OCH3 is 1. The minimum atomic E-state index is 0. The fourth-order valence-corrected chi connectivity index (χ4v) is 3.64. The molecule has 25 heavy (non-hydrogen) atoms. The summed E-state index contributed by atoms with van der Waals surface area (Å²) in [6.07, 6.45) is 4.99. The number of nitrogens with one attached hydrogen (secondary N) is 2. The maximum Gasteiger partial charge on any atom is 0.191 e. The quantitative estimate of drug-likeness (QED) is 0.391. The summed E-state index contributed by atoms with van der Waals surface area (Å²) in [7, 11) is 3.60. The van der Waals surface area contributed by atoms with Crippen LogP contribution in [0.3, 0.4) is 0 Å². The number of aliphatic imine (C=N–C) groups is 1. The van der Waals surface area contributed by atoms with Gasteiger partial charge in [0, 0.05) is 32.2 Å². The molecule has 2 fully saturated rings. The first-order valence-corrected chi connectivity index (χ1v) is 9.13. The molecule has 1 saturated carbocycles. The monoisotopic (exact) mass is 458 g/mol. The first kappa shape index (κ1) is 20.1. The van der Waals surface area contributed by atoms with Gasteiger partial charge in [0.2, 0.25) is 0 Å². The van der Waals surface area contributed by atoms with Gasteiger partial charge in [0.05, 0.1) is 12.8 Å². The molecule has 1 aliphatic heterocycles. The van der Waals surface area contributed by atoms with Gasteiger partial charge in [-0.15, -0.1) is 24.0 Å². The second kappa shape index (κ2) is 9.50. The summed E-state index contributed by atoms with van der Waals surface area (Å²) in [6, 6.07) is 9.28. The van der Waals surface area contributed by atoms with Crippen LogP contribution in [0.4, 0.5) is 5.69 Å². The summed E-state index contributed by atoms with van der Waals surface area (Å²) >= 11 is 0. The zero-order valence-corrected chi connectivity index (χ0v) is 17.8. The number of benzene rings is 1. The van der Waals surface area contributed by atoms with E-state index in [1.165, 1.54) is 24.9 Å². The number of hydrogen-bond acceptors (Lipinski definition) is 3. The highest BCUT2D eigenvalue weighted by molar-refractivity contribution is 14.0. The molecule has 0 amide bonds. The van der Waals surface area contributed by atoms with Gasteiger partial charge in [0.25, 0.3) is 0 Å². The molecule has 0 aromatic heterocycles. The highest BCUT2D eigenvalue weighted by Gasteiger charge is 2.37. The van der Waals surface area contributed by atoms with Crippen LogP contribution in [0.2, 0.25) is 0 Å². The third-order valence-corrected chi connectivity index (χ3v) is 5.08. The van der Waals surface area contributed by atoms with Crippen molar-refractivity contribution in [2.75, 3.05) is 32.1 Å². The molecule has 2 aliphatic rings. The Kier molecular flexibility index (Phi) is 7.65. The summed E-state index contributed by atoms with van der Waals surface area (Å²) in [6.45, 7) is 4.27. The lowest BCUT2D eigenvalue weighted by Crippen LogP contribution is -2.45. The Morgan fingerprint density at radius 2 is 2.12 bits per heavy atom. The minimum absolute atomic E-state index is 0. The van der Waals surface area contributed by atoms with Crippen molar-refractivity contribution >= 4 is 35.6 Å². The average molecular weight is 458 g/mol. The SMILES string of the molecule is CCCC1CC1NC(=NC)NC1CCN(c2ccccc2OC)C1.I. The Morgan fingerprint density at radius 3 is 2.84 bits per heavy atom. The van der Waals surface area contributed by atoms with Crippen LogP contribution in [0.1, 0.15) is 32.6 Å². The van der Waals surface area contributed by atoms with Crippen LogP contribution < -0.4 is 20.3 Å². The summed E-state index contributed by atoms with van der Waals surface area (Å²) in [5.41, 5.74) is 1.18. The van der Waals surface area contributed by atoms with E-state index in [4.69, 9.17) is 4.74 Å². The Bertz CT molecular complexity index is 580. The predicted molar refractivity (Wildman–Crippen MR) is 115 cm³/mol. The van der Waals surface area contributed by atoms with Crippen LogP contribution >= 0.6 is 24.0 Å². The lowest BCUT2D eigenvalue weighted by atomic mass is 10.2. The van der Waals surface area contributed by atoms with Gasteiger partial charge in [-0.05, 0) is 37.3 Å². The fraction of sp³-hybridized carbons (Fsp3) is 0.632. The van der Waals surface area contributed by atoms with Crippen LogP contribution in [0.25, 0.3) is 0 Å². The number of halogens is 1. The van der Waals surface area contributed by atoms with Crippen molar-refractivity contribution in [3.05, 3.63) is 24.3 Å². The Labute approximate surface area is 168 Å². The number of ether oxygens (including phenoxy) is 1. The molecule has 2 N–H and O–H groups in total. The van der Waals surface area contributed by atoms with E-state index < -0.39 is 0 Å². The number of anilines is 1. The third kappa shape index (κ3) is 5.15. The highest BCUT2D eigenvalue weighted by atomic mass is 127. The second-order valence-electron chi connectivity index (χ2n) is 6.86. The molecule has 0 spiro atoms. The molecule has 140 valence electrons. The van der Waals surface area contributed by atoms with E-state index in [0.717, 1.165) is 37.1 Å². The van der Waals surface area contributed by atoms with E-state index in [2.05, 4.69) is 39.6 Å². The van der Waals surface area contributed by atoms with E-state index in [9.17, 15) is 0 Å². The lowest BCUT2D eigenvalue weighted by molar-refractivity contribution is 0.415. The van der Waals surface area contributed by atoms with Crippen LogP contribution in [0, 0.1) is 5.92 Å². The van der Waals surface area contributed by atoms with Gasteiger partial charge < -0.3 is 20.3 Å². The molecular formula is C19H31IN4O. The molecule has 3 rings (SSSR count).